The second-order valence-corrected chi connectivity index (χ2v) is 6.30. The highest BCUT2D eigenvalue weighted by atomic mass is 16.5. The number of fused-ring (bicyclic) bond motifs is 1. The molecule has 0 bridgehead atoms. The van der Waals surface area contributed by atoms with Crippen molar-refractivity contribution in [1.29, 1.82) is 0 Å². The standard InChI is InChI=1S/C22H18N2O3/c1-27-18-8-2-5-15(11-18)13-24-14-20-19(9-4-10-21(20)23-24)16-6-3-7-17(12-16)22(25)26/h2-12,14H,13H2,1H3,(H,25,26). The Morgan fingerprint density at radius 1 is 1.07 bits per heavy atom. The van der Waals surface area contributed by atoms with Crippen molar-refractivity contribution in [2.75, 3.05) is 7.11 Å². The molecule has 3 aromatic carbocycles. The smallest absolute Gasteiger partial charge is 0.335 e. The third-order valence-corrected chi connectivity index (χ3v) is 4.50. The first-order valence-electron chi connectivity index (χ1n) is 8.57. The van der Waals surface area contributed by atoms with Gasteiger partial charge in [-0.1, -0.05) is 36.4 Å². The van der Waals surface area contributed by atoms with Crippen LogP contribution in [0, 0.1) is 0 Å². The zero-order valence-corrected chi connectivity index (χ0v) is 14.8. The summed E-state index contributed by atoms with van der Waals surface area (Å²) < 4.78 is 7.17. The lowest BCUT2D eigenvalue weighted by Gasteiger charge is -2.05. The minimum atomic E-state index is -0.933. The van der Waals surface area contributed by atoms with Gasteiger partial charge in [-0.3, -0.25) is 4.68 Å². The fraction of sp³-hybridized carbons (Fsp3) is 0.0909. The second kappa shape index (κ2) is 6.96. The molecule has 5 nitrogen and oxygen atoms in total. The molecule has 0 aliphatic carbocycles. The van der Waals surface area contributed by atoms with E-state index in [1.807, 2.05) is 59.4 Å². The molecule has 1 aromatic heterocycles. The van der Waals surface area contributed by atoms with Crippen molar-refractivity contribution in [3.8, 4) is 16.9 Å². The number of carboxylic acid groups (broad SMARTS) is 1. The zero-order valence-electron chi connectivity index (χ0n) is 14.8. The average molecular weight is 358 g/mol. The Hall–Kier alpha value is -3.60. The molecule has 0 saturated carbocycles. The molecule has 1 N–H and O–H groups in total. The lowest BCUT2D eigenvalue weighted by atomic mass is 10.00. The number of ether oxygens (including phenoxy) is 1. The van der Waals surface area contributed by atoms with Gasteiger partial charge in [-0.25, -0.2) is 4.79 Å². The number of rotatable bonds is 5. The van der Waals surface area contributed by atoms with Crippen molar-refractivity contribution in [3.05, 3.63) is 84.1 Å². The number of carboxylic acids is 1. The minimum absolute atomic E-state index is 0.272. The van der Waals surface area contributed by atoms with Gasteiger partial charge in [-0.05, 0) is 47.0 Å². The van der Waals surface area contributed by atoms with E-state index in [0.29, 0.717) is 6.54 Å². The fourth-order valence-corrected chi connectivity index (χ4v) is 3.20. The predicted octanol–water partition coefficient (Wildman–Crippen LogP) is 4.46. The van der Waals surface area contributed by atoms with Gasteiger partial charge in [0.05, 0.1) is 24.7 Å². The molecule has 0 aliphatic heterocycles. The van der Waals surface area contributed by atoms with Gasteiger partial charge in [0, 0.05) is 11.6 Å². The fourth-order valence-electron chi connectivity index (χ4n) is 3.20. The van der Waals surface area contributed by atoms with Crippen LogP contribution in [0.4, 0.5) is 0 Å². The van der Waals surface area contributed by atoms with Crippen LogP contribution in [0.15, 0.2) is 72.9 Å². The molecule has 5 heteroatoms. The Kier molecular flexibility index (Phi) is 4.34. The largest absolute Gasteiger partial charge is 0.497 e. The van der Waals surface area contributed by atoms with Gasteiger partial charge in [0.2, 0.25) is 0 Å². The Balaban J connectivity index is 1.74. The molecule has 4 rings (SSSR count). The Morgan fingerprint density at radius 2 is 1.89 bits per heavy atom. The number of aromatic nitrogens is 2. The van der Waals surface area contributed by atoms with Crippen LogP contribution in [-0.2, 0) is 6.54 Å². The summed E-state index contributed by atoms with van der Waals surface area (Å²) in [5.74, 6) is -0.117. The molecule has 4 aromatic rings. The molecular weight excluding hydrogens is 340 g/mol. The molecule has 0 fully saturated rings. The maximum absolute atomic E-state index is 11.3. The van der Waals surface area contributed by atoms with Crippen molar-refractivity contribution in [1.82, 2.24) is 9.78 Å². The first kappa shape index (κ1) is 16.8. The average Bonchev–Trinajstić information content (AvgIpc) is 3.10. The molecule has 0 spiro atoms. The van der Waals surface area contributed by atoms with Crippen LogP contribution in [0.2, 0.25) is 0 Å². The molecule has 27 heavy (non-hydrogen) atoms. The lowest BCUT2D eigenvalue weighted by Crippen LogP contribution is -2.00. The minimum Gasteiger partial charge on any atom is -0.497 e. The third kappa shape index (κ3) is 3.40. The lowest BCUT2D eigenvalue weighted by molar-refractivity contribution is 0.0697. The van der Waals surface area contributed by atoms with E-state index in [1.54, 1.807) is 25.3 Å². The summed E-state index contributed by atoms with van der Waals surface area (Å²) in [6.07, 6.45) is 2.00. The summed E-state index contributed by atoms with van der Waals surface area (Å²) in [4.78, 5) is 11.3. The van der Waals surface area contributed by atoms with E-state index in [1.165, 1.54) is 0 Å². The van der Waals surface area contributed by atoms with Crippen LogP contribution in [0.1, 0.15) is 15.9 Å². The van der Waals surface area contributed by atoms with Crippen molar-refractivity contribution >= 4 is 16.9 Å². The Morgan fingerprint density at radius 3 is 2.70 bits per heavy atom. The molecule has 1 heterocycles. The molecule has 0 unspecified atom stereocenters. The number of methoxy groups -OCH3 is 1. The summed E-state index contributed by atoms with van der Waals surface area (Å²) in [6, 6.07) is 20.7. The summed E-state index contributed by atoms with van der Waals surface area (Å²) >= 11 is 0. The van der Waals surface area contributed by atoms with E-state index < -0.39 is 5.97 Å². The highest BCUT2D eigenvalue weighted by Gasteiger charge is 2.10. The van der Waals surface area contributed by atoms with Gasteiger partial charge < -0.3 is 9.84 Å². The molecular formula is C22H18N2O3. The van der Waals surface area contributed by atoms with Gasteiger partial charge in [-0.15, -0.1) is 0 Å². The van der Waals surface area contributed by atoms with Crippen molar-refractivity contribution in [2.24, 2.45) is 0 Å². The maximum atomic E-state index is 11.3. The topological polar surface area (TPSA) is 64.3 Å². The number of nitrogens with zero attached hydrogens (tertiary/aromatic N) is 2. The van der Waals surface area contributed by atoms with E-state index in [2.05, 4.69) is 5.10 Å². The Labute approximate surface area is 156 Å². The number of hydrogen-bond acceptors (Lipinski definition) is 3. The van der Waals surface area contributed by atoms with Gasteiger partial charge in [0.25, 0.3) is 0 Å². The predicted molar refractivity (Wildman–Crippen MR) is 104 cm³/mol. The van der Waals surface area contributed by atoms with Crippen LogP contribution in [-0.4, -0.2) is 28.0 Å². The van der Waals surface area contributed by atoms with Crippen molar-refractivity contribution < 1.29 is 14.6 Å². The van der Waals surface area contributed by atoms with E-state index in [4.69, 9.17) is 4.74 Å². The summed E-state index contributed by atoms with van der Waals surface area (Å²) in [5.41, 5.74) is 4.06. The Bertz CT molecular complexity index is 1130. The van der Waals surface area contributed by atoms with E-state index in [0.717, 1.165) is 33.3 Å². The summed E-state index contributed by atoms with van der Waals surface area (Å²) in [7, 11) is 1.65. The highest BCUT2D eigenvalue weighted by Crippen LogP contribution is 2.29. The summed E-state index contributed by atoms with van der Waals surface area (Å²) in [6.45, 7) is 0.625. The van der Waals surface area contributed by atoms with Crippen molar-refractivity contribution in [2.45, 2.75) is 6.54 Å². The van der Waals surface area contributed by atoms with Crippen LogP contribution in [0.25, 0.3) is 22.0 Å². The SMILES string of the molecule is COc1cccc(Cn2cc3c(-c4cccc(C(=O)O)c4)cccc3n2)c1. The van der Waals surface area contributed by atoms with Crippen LogP contribution < -0.4 is 4.74 Å². The highest BCUT2D eigenvalue weighted by molar-refractivity contribution is 5.96. The molecule has 0 amide bonds. The zero-order chi connectivity index (χ0) is 18.8. The first-order chi connectivity index (χ1) is 13.1. The van der Waals surface area contributed by atoms with Crippen LogP contribution in [0.5, 0.6) is 5.75 Å². The molecule has 0 aliphatic rings. The number of hydrogen-bond donors (Lipinski definition) is 1. The monoisotopic (exact) mass is 358 g/mol. The normalized spacial score (nSPS) is 10.9. The van der Waals surface area contributed by atoms with Crippen LogP contribution in [0.3, 0.4) is 0 Å². The number of aromatic carboxylic acids is 1. The maximum Gasteiger partial charge on any atom is 0.335 e. The number of benzene rings is 3. The van der Waals surface area contributed by atoms with E-state index >= 15 is 0 Å². The third-order valence-electron chi connectivity index (χ3n) is 4.50. The van der Waals surface area contributed by atoms with Gasteiger partial charge in [-0.2, -0.15) is 5.10 Å². The number of carbonyl (C=O) groups is 1. The molecule has 0 saturated heterocycles. The van der Waals surface area contributed by atoms with E-state index in [-0.39, 0.29) is 5.56 Å². The van der Waals surface area contributed by atoms with Crippen LogP contribution >= 0.6 is 0 Å². The van der Waals surface area contributed by atoms with E-state index in [9.17, 15) is 9.90 Å². The first-order valence-corrected chi connectivity index (χ1v) is 8.57. The van der Waals surface area contributed by atoms with Crippen molar-refractivity contribution in [3.63, 3.8) is 0 Å². The molecule has 0 radical (unpaired) electrons. The van der Waals surface area contributed by atoms with Gasteiger partial charge in [0.1, 0.15) is 5.75 Å². The second-order valence-electron chi connectivity index (χ2n) is 6.30. The van der Waals surface area contributed by atoms with Gasteiger partial charge >= 0.3 is 5.97 Å². The summed E-state index contributed by atoms with van der Waals surface area (Å²) in [5, 5.41) is 14.9. The molecule has 134 valence electrons. The quantitative estimate of drug-likeness (QED) is 0.572. The van der Waals surface area contributed by atoms with Gasteiger partial charge in [0.15, 0.2) is 0 Å². The molecule has 0 atom stereocenters.